The van der Waals surface area contributed by atoms with Crippen LogP contribution in [0.3, 0.4) is 0 Å². The molecule has 0 aliphatic carbocycles. The normalized spacial score (nSPS) is 12.3. The van der Waals surface area contributed by atoms with Crippen molar-refractivity contribution in [2.75, 3.05) is 12.4 Å². The Morgan fingerprint density at radius 3 is 2.67 bits per heavy atom. The Kier molecular flexibility index (Phi) is 5.41. The van der Waals surface area contributed by atoms with Gasteiger partial charge in [0.15, 0.2) is 0 Å². The number of pyridine rings is 1. The summed E-state index contributed by atoms with van der Waals surface area (Å²) in [5, 5.41) is 6.19. The lowest BCUT2D eigenvalue weighted by Crippen LogP contribution is -2.33. The summed E-state index contributed by atoms with van der Waals surface area (Å²) in [5.74, 6) is 1.01. The highest BCUT2D eigenvalue weighted by atomic mass is 35.5. The topological polar surface area (TPSA) is 54.0 Å². The first-order valence-electron chi connectivity index (χ1n) is 6.08. The number of halogens is 1. The second kappa shape index (κ2) is 6.59. The first kappa shape index (κ1) is 14.8. The van der Waals surface area contributed by atoms with Crippen LogP contribution in [0.4, 0.5) is 5.82 Å². The summed E-state index contributed by atoms with van der Waals surface area (Å²) in [6, 6.07) is 1.78. The van der Waals surface area contributed by atoms with Gasteiger partial charge >= 0.3 is 0 Å². The first-order valence-corrected chi connectivity index (χ1v) is 6.46. The molecule has 100 valence electrons. The molecular weight excluding hydrogens is 250 g/mol. The highest BCUT2D eigenvalue weighted by Crippen LogP contribution is 2.18. The molecule has 1 unspecified atom stereocenters. The summed E-state index contributed by atoms with van der Waals surface area (Å²) >= 11 is 5.99. The SMILES string of the molecule is CNc1cc(C(=O)NC(C)CC(C)C)c(Cl)cn1. The van der Waals surface area contributed by atoms with Crippen molar-refractivity contribution < 1.29 is 4.79 Å². The molecule has 0 radical (unpaired) electrons. The van der Waals surface area contributed by atoms with E-state index in [4.69, 9.17) is 11.6 Å². The Morgan fingerprint density at radius 1 is 1.44 bits per heavy atom. The Hall–Kier alpha value is -1.29. The molecule has 2 N–H and O–H groups in total. The molecule has 0 saturated carbocycles. The minimum atomic E-state index is -0.160. The van der Waals surface area contributed by atoms with Gasteiger partial charge in [-0.15, -0.1) is 0 Å². The number of aromatic nitrogens is 1. The third-order valence-electron chi connectivity index (χ3n) is 2.56. The zero-order valence-corrected chi connectivity index (χ0v) is 12.0. The monoisotopic (exact) mass is 269 g/mol. The second-order valence-electron chi connectivity index (χ2n) is 4.80. The Bertz CT molecular complexity index is 421. The van der Waals surface area contributed by atoms with E-state index in [-0.39, 0.29) is 11.9 Å². The smallest absolute Gasteiger partial charge is 0.253 e. The van der Waals surface area contributed by atoms with Crippen LogP contribution in [-0.2, 0) is 0 Å². The molecule has 5 heteroatoms. The molecule has 0 aliphatic heterocycles. The number of rotatable bonds is 5. The Labute approximate surface area is 113 Å². The molecule has 1 heterocycles. The first-order chi connectivity index (χ1) is 8.43. The number of carbonyl (C=O) groups is 1. The average Bonchev–Trinajstić information content (AvgIpc) is 2.28. The van der Waals surface area contributed by atoms with Crippen LogP contribution in [-0.4, -0.2) is 24.0 Å². The fraction of sp³-hybridized carbons (Fsp3) is 0.538. The van der Waals surface area contributed by atoms with Gasteiger partial charge in [-0.3, -0.25) is 4.79 Å². The quantitative estimate of drug-likeness (QED) is 0.864. The zero-order valence-electron chi connectivity index (χ0n) is 11.2. The summed E-state index contributed by atoms with van der Waals surface area (Å²) in [5.41, 5.74) is 0.451. The highest BCUT2D eigenvalue weighted by molar-refractivity contribution is 6.33. The van der Waals surface area contributed by atoms with Crippen LogP contribution in [0.1, 0.15) is 37.6 Å². The third kappa shape index (κ3) is 4.18. The molecule has 1 amide bonds. The van der Waals surface area contributed by atoms with Crippen LogP contribution in [0.15, 0.2) is 12.3 Å². The Balaban J connectivity index is 2.77. The van der Waals surface area contributed by atoms with Crippen molar-refractivity contribution in [3.8, 4) is 0 Å². The van der Waals surface area contributed by atoms with E-state index < -0.39 is 0 Å². The van der Waals surface area contributed by atoms with Crippen LogP contribution < -0.4 is 10.6 Å². The zero-order chi connectivity index (χ0) is 13.7. The molecule has 1 aromatic rings. The van der Waals surface area contributed by atoms with Crippen LogP contribution in [0.5, 0.6) is 0 Å². The summed E-state index contributed by atoms with van der Waals surface area (Å²) in [6.07, 6.45) is 2.42. The van der Waals surface area contributed by atoms with E-state index >= 15 is 0 Å². The van der Waals surface area contributed by atoms with E-state index in [1.54, 1.807) is 13.1 Å². The van der Waals surface area contributed by atoms with Gasteiger partial charge in [-0.25, -0.2) is 4.98 Å². The van der Waals surface area contributed by atoms with E-state index in [9.17, 15) is 4.79 Å². The van der Waals surface area contributed by atoms with Gasteiger partial charge in [-0.2, -0.15) is 0 Å². The van der Waals surface area contributed by atoms with Gasteiger partial charge in [-0.05, 0) is 25.3 Å². The molecular formula is C13H20ClN3O. The lowest BCUT2D eigenvalue weighted by atomic mass is 10.0. The van der Waals surface area contributed by atoms with Gasteiger partial charge in [0, 0.05) is 19.3 Å². The molecule has 1 aromatic heterocycles. The van der Waals surface area contributed by atoms with Gasteiger partial charge in [0.05, 0.1) is 10.6 Å². The molecule has 0 saturated heterocycles. The van der Waals surface area contributed by atoms with E-state index in [0.717, 1.165) is 6.42 Å². The fourth-order valence-electron chi connectivity index (χ4n) is 1.82. The number of hydrogen-bond acceptors (Lipinski definition) is 3. The molecule has 0 aliphatic rings. The van der Waals surface area contributed by atoms with Gasteiger partial charge in [0.25, 0.3) is 5.91 Å². The van der Waals surface area contributed by atoms with Gasteiger partial charge in [0.2, 0.25) is 0 Å². The van der Waals surface area contributed by atoms with Crippen molar-refractivity contribution in [2.45, 2.75) is 33.2 Å². The van der Waals surface area contributed by atoms with Crippen molar-refractivity contribution in [3.05, 3.63) is 22.8 Å². The average molecular weight is 270 g/mol. The summed E-state index contributed by atoms with van der Waals surface area (Å²) < 4.78 is 0. The third-order valence-corrected chi connectivity index (χ3v) is 2.86. The van der Waals surface area contributed by atoms with Crippen LogP contribution >= 0.6 is 11.6 Å². The maximum absolute atomic E-state index is 12.1. The van der Waals surface area contributed by atoms with Crippen molar-refractivity contribution in [1.29, 1.82) is 0 Å². The number of hydrogen-bond donors (Lipinski definition) is 2. The molecule has 18 heavy (non-hydrogen) atoms. The van der Waals surface area contributed by atoms with E-state index in [2.05, 4.69) is 29.5 Å². The maximum atomic E-state index is 12.1. The predicted molar refractivity (Wildman–Crippen MR) is 75.2 cm³/mol. The lowest BCUT2D eigenvalue weighted by molar-refractivity contribution is 0.0936. The standard InChI is InChI=1S/C13H20ClN3O/c1-8(2)5-9(3)17-13(18)10-6-12(15-4)16-7-11(10)14/h6-9H,5H2,1-4H3,(H,15,16)(H,17,18). The van der Waals surface area contributed by atoms with Crippen LogP contribution in [0, 0.1) is 5.92 Å². The molecule has 4 nitrogen and oxygen atoms in total. The van der Waals surface area contributed by atoms with Gasteiger partial charge in [-0.1, -0.05) is 25.4 Å². The number of amides is 1. The summed E-state index contributed by atoms with van der Waals surface area (Å²) in [7, 11) is 1.75. The van der Waals surface area contributed by atoms with Crippen LogP contribution in [0.25, 0.3) is 0 Å². The van der Waals surface area contributed by atoms with Crippen molar-refractivity contribution in [2.24, 2.45) is 5.92 Å². The Morgan fingerprint density at radius 2 is 2.11 bits per heavy atom. The molecule has 1 atom stereocenters. The van der Waals surface area contributed by atoms with Crippen molar-refractivity contribution >= 4 is 23.3 Å². The molecule has 1 rings (SSSR count). The number of anilines is 1. The number of carbonyl (C=O) groups excluding carboxylic acids is 1. The molecule has 0 aromatic carbocycles. The minimum Gasteiger partial charge on any atom is -0.373 e. The molecule has 0 fully saturated rings. The number of nitrogens with one attached hydrogen (secondary N) is 2. The maximum Gasteiger partial charge on any atom is 0.253 e. The largest absolute Gasteiger partial charge is 0.373 e. The second-order valence-corrected chi connectivity index (χ2v) is 5.21. The van der Waals surface area contributed by atoms with Gasteiger partial charge < -0.3 is 10.6 Å². The highest BCUT2D eigenvalue weighted by Gasteiger charge is 2.14. The summed E-state index contributed by atoms with van der Waals surface area (Å²) in [6.45, 7) is 6.24. The number of nitrogens with zero attached hydrogens (tertiary/aromatic N) is 1. The lowest BCUT2D eigenvalue weighted by Gasteiger charge is -2.16. The van der Waals surface area contributed by atoms with Crippen molar-refractivity contribution in [3.63, 3.8) is 0 Å². The van der Waals surface area contributed by atoms with E-state index in [0.29, 0.717) is 22.3 Å². The predicted octanol–water partition coefficient (Wildman–Crippen LogP) is 2.94. The van der Waals surface area contributed by atoms with E-state index in [1.807, 2.05) is 6.92 Å². The van der Waals surface area contributed by atoms with Crippen LogP contribution in [0.2, 0.25) is 5.02 Å². The molecule has 0 spiro atoms. The van der Waals surface area contributed by atoms with Crippen molar-refractivity contribution in [1.82, 2.24) is 10.3 Å². The fourth-order valence-corrected chi connectivity index (χ4v) is 2.01. The summed E-state index contributed by atoms with van der Waals surface area (Å²) in [4.78, 5) is 16.1. The van der Waals surface area contributed by atoms with Gasteiger partial charge in [0.1, 0.15) is 5.82 Å². The van der Waals surface area contributed by atoms with E-state index in [1.165, 1.54) is 6.20 Å². The molecule has 0 bridgehead atoms. The minimum absolute atomic E-state index is 0.125.